The number of nitriles is 1. The molecule has 1 unspecified atom stereocenters. The molecule has 0 aromatic heterocycles. The van der Waals surface area contributed by atoms with Crippen molar-refractivity contribution in [3.8, 4) is 6.07 Å². The number of hydrogen-bond acceptors (Lipinski definition) is 3. The van der Waals surface area contributed by atoms with E-state index in [-0.39, 0.29) is 16.8 Å². The predicted octanol–water partition coefficient (Wildman–Crippen LogP) is 1.40. The first-order valence-corrected chi connectivity index (χ1v) is 4.72. The van der Waals surface area contributed by atoms with E-state index in [9.17, 15) is 4.79 Å². The fourth-order valence-corrected chi connectivity index (χ4v) is 2.13. The fourth-order valence-electron chi connectivity index (χ4n) is 2.13. The predicted molar refractivity (Wildman–Crippen MR) is 54.3 cm³/mol. The van der Waals surface area contributed by atoms with Crippen LogP contribution in [0.1, 0.15) is 27.2 Å². The van der Waals surface area contributed by atoms with E-state index in [1.807, 2.05) is 26.8 Å². The van der Waals surface area contributed by atoms with Crippen LogP contribution in [0.15, 0.2) is 11.6 Å². The van der Waals surface area contributed by atoms with Gasteiger partial charge in [-0.25, -0.2) is 0 Å². The van der Waals surface area contributed by atoms with Crippen molar-refractivity contribution < 1.29 is 4.79 Å². The third-order valence-electron chi connectivity index (χ3n) is 2.78. The van der Waals surface area contributed by atoms with Gasteiger partial charge in [-0.15, -0.1) is 0 Å². The molecule has 0 fully saturated rings. The number of nitrogens with two attached hydrogens (primary N) is 1. The second-order valence-electron chi connectivity index (χ2n) is 4.92. The third kappa shape index (κ3) is 1.71. The van der Waals surface area contributed by atoms with Crippen molar-refractivity contribution >= 4 is 5.78 Å². The molecule has 0 aromatic carbocycles. The molecule has 0 bridgehead atoms. The van der Waals surface area contributed by atoms with Crippen LogP contribution in [0.4, 0.5) is 0 Å². The number of rotatable bonds is 1. The Hall–Kier alpha value is -1.14. The maximum absolute atomic E-state index is 11.8. The third-order valence-corrected chi connectivity index (χ3v) is 2.78. The van der Waals surface area contributed by atoms with Crippen molar-refractivity contribution in [1.29, 1.82) is 5.26 Å². The van der Waals surface area contributed by atoms with E-state index in [0.29, 0.717) is 13.0 Å². The Morgan fingerprint density at radius 2 is 2.14 bits per heavy atom. The molecule has 1 rings (SSSR count). The molecule has 0 radical (unpaired) electrons. The molecule has 0 aliphatic heterocycles. The van der Waals surface area contributed by atoms with E-state index < -0.39 is 5.41 Å². The molecular formula is C11H16N2O. The van der Waals surface area contributed by atoms with Gasteiger partial charge in [0.25, 0.3) is 0 Å². The molecule has 3 heteroatoms. The highest BCUT2D eigenvalue weighted by molar-refractivity contribution is 6.03. The first kappa shape index (κ1) is 10.9. The van der Waals surface area contributed by atoms with E-state index in [1.165, 1.54) is 0 Å². The molecule has 0 amide bonds. The highest BCUT2D eigenvalue weighted by atomic mass is 16.1. The summed E-state index contributed by atoms with van der Waals surface area (Å²) in [5.41, 5.74) is 5.23. The molecule has 1 atom stereocenters. The lowest BCUT2D eigenvalue weighted by molar-refractivity contribution is -0.125. The highest BCUT2D eigenvalue weighted by Crippen LogP contribution is 2.41. The fraction of sp³-hybridized carbons (Fsp3) is 0.636. The number of Topliss-reactive ketones (excluding diaryl/α,β-unsaturated/α-hetero) is 1. The molecular weight excluding hydrogens is 176 g/mol. The van der Waals surface area contributed by atoms with Gasteiger partial charge in [-0.05, 0) is 6.42 Å². The SMILES string of the molecule is CC1(CN)C=C(C#N)C(=O)C(C)(C)C1. The summed E-state index contributed by atoms with van der Waals surface area (Å²) in [5.74, 6) is -0.0640. The van der Waals surface area contributed by atoms with Crippen molar-refractivity contribution in [3.63, 3.8) is 0 Å². The minimum absolute atomic E-state index is 0.0640. The van der Waals surface area contributed by atoms with Gasteiger partial charge in [0, 0.05) is 17.4 Å². The summed E-state index contributed by atoms with van der Waals surface area (Å²) >= 11 is 0. The van der Waals surface area contributed by atoms with E-state index in [2.05, 4.69) is 0 Å². The number of ketones is 1. The number of nitrogens with zero attached hydrogens (tertiary/aromatic N) is 1. The number of allylic oxidation sites excluding steroid dienone is 1. The molecule has 14 heavy (non-hydrogen) atoms. The average Bonchev–Trinajstić information content (AvgIpc) is 2.11. The first-order chi connectivity index (χ1) is 6.34. The number of carbonyl (C=O) groups is 1. The van der Waals surface area contributed by atoms with Gasteiger partial charge in [0.05, 0.1) is 5.57 Å². The summed E-state index contributed by atoms with van der Waals surface area (Å²) < 4.78 is 0. The lowest BCUT2D eigenvalue weighted by Crippen LogP contribution is -2.40. The Balaban J connectivity index is 3.20. The van der Waals surface area contributed by atoms with Crippen LogP contribution in [0.2, 0.25) is 0 Å². The van der Waals surface area contributed by atoms with Gasteiger partial charge in [0.2, 0.25) is 0 Å². The molecule has 0 aromatic rings. The summed E-state index contributed by atoms with van der Waals surface area (Å²) in [6, 6.07) is 1.95. The van der Waals surface area contributed by atoms with Crippen molar-refractivity contribution in [3.05, 3.63) is 11.6 Å². The quantitative estimate of drug-likeness (QED) is 0.682. The van der Waals surface area contributed by atoms with Crippen molar-refractivity contribution in [2.75, 3.05) is 6.54 Å². The van der Waals surface area contributed by atoms with E-state index in [0.717, 1.165) is 0 Å². The van der Waals surface area contributed by atoms with E-state index >= 15 is 0 Å². The molecule has 0 heterocycles. The Labute approximate surface area is 84.6 Å². The molecule has 1 aliphatic carbocycles. The summed E-state index contributed by atoms with van der Waals surface area (Å²) in [6.45, 7) is 6.19. The molecule has 1 aliphatic rings. The van der Waals surface area contributed by atoms with Crippen LogP contribution in [0.5, 0.6) is 0 Å². The maximum Gasteiger partial charge on any atom is 0.178 e. The number of carbonyl (C=O) groups excluding carboxylic acids is 1. The zero-order valence-corrected chi connectivity index (χ0v) is 8.92. The summed E-state index contributed by atoms with van der Waals surface area (Å²) in [4.78, 5) is 11.8. The van der Waals surface area contributed by atoms with Gasteiger partial charge < -0.3 is 5.73 Å². The lowest BCUT2D eigenvalue weighted by Gasteiger charge is -2.37. The van der Waals surface area contributed by atoms with E-state index in [4.69, 9.17) is 11.0 Å². The molecule has 0 saturated carbocycles. The normalized spacial score (nSPS) is 30.8. The minimum atomic E-state index is -0.464. The van der Waals surface area contributed by atoms with Gasteiger partial charge in [-0.2, -0.15) is 5.26 Å². The number of hydrogen-bond donors (Lipinski definition) is 1. The topological polar surface area (TPSA) is 66.9 Å². The van der Waals surface area contributed by atoms with Gasteiger partial charge in [0.15, 0.2) is 5.78 Å². The lowest BCUT2D eigenvalue weighted by atomic mass is 9.65. The largest absolute Gasteiger partial charge is 0.330 e. The first-order valence-electron chi connectivity index (χ1n) is 4.72. The Morgan fingerprint density at radius 3 is 2.57 bits per heavy atom. The van der Waals surface area contributed by atoms with Crippen molar-refractivity contribution in [1.82, 2.24) is 0 Å². The summed E-state index contributed by atoms with van der Waals surface area (Å²) in [7, 11) is 0. The minimum Gasteiger partial charge on any atom is -0.330 e. The molecule has 0 saturated heterocycles. The zero-order valence-electron chi connectivity index (χ0n) is 8.92. The van der Waals surface area contributed by atoms with Crippen LogP contribution < -0.4 is 5.73 Å². The second kappa shape index (κ2) is 3.21. The van der Waals surface area contributed by atoms with Crippen LogP contribution >= 0.6 is 0 Å². The highest BCUT2D eigenvalue weighted by Gasteiger charge is 2.41. The van der Waals surface area contributed by atoms with Crippen LogP contribution in [0.25, 0.3) is 0 Å². The standard InChI is InChI=1S/C11H16N2O/c1-10(2)6-11(3,7-13)4-8(5-12)9(10)14/h4H,6-7,13H2,1-3H3. The van der Waals surface area contributed by atoms with Gasteiger partial charge >= 0.3 is 0 Å². The molecule has 76 valence electrons. The smallest absolute Gasteiger partial charge is 0.178 e. The summed E-state index contributed by atoms with van der Waals surface area (Å²) in [5, 5.41) is 8.84. The summed E-state index contributed by atoms with van der Waals surface area (Å²) in [6.07, 6.45) is 2.43. The Morgan fingerprint density at radius 1 is 1.57 bits per heavy atom. The van der Waals surface area contributed by atoms with E-state index in [1.54, 1.807) is 6.08 Å². The second-order valence-corrected chi connectivity index (χ2v) is 4.92. The van der Waals surface area contributed by atoms with Crippen LogP contribution in [0, 0.1) is 22.2 Å². The molecule has 2 N–H and O–H groups in total. The van der Waals surface area contributed by atoms with Crippen LogP contribution in [-0.2, 0) is 4.79 Å². The Kier molecular flexibility index (Phi) is 2.51. The average molecular weight is 192 g/mol. The Bertz CT molecular complexity index is 336. The van der Waals surface area contributed by atoms with Gasteiger partial charge in [-0.1, -0.05) is 26.8 Å². The van der Waals surface area contributed by atoms with Gasteiger partial charge in [-0.3, -0.25) is 4.79 Å². The molecule has 3 nitrogen and oxygen atoms in total. The monoisotopic (exact) mass is 192 g/mol. The molecule has 0 spiro atoms. The van der Waals surface area contributed by atoms with Gasteiger partial charge in [0.1, 0.15) is 6.07 Å². The van der Waals surface area contributed by atoms with Crippen LogP contribution in [-0.4, -0.2) is 12.3 Å². The van der Waals surface area contributed by atoms with Crippen molar-refractivity contribution in [2.45, 2.75) is 27.2 Å². The van der Waals surface area contributed by atoms with Crippen molar-refractivity contribution in [2.24, 2.45) is 16.6 Å². The maximum atomic E-state index is 11.8. The van der Waals surface area contributed by atoms with Crippen LogP contribution in [0.3, 0.4) is 0 Å². The zero-order chi connectivity index (χ0) is 11.0.